The summed E-state index contributed by atoms with van der Waals surface area (Å²) < 4.78 is 21.2. The zero-order chi connectivity index (χ0) is 21.1. The van der Waals surface area contributed by atoms with Crippen molar-refractivity contribution in [2.45, 2.75) is 32.4 Å². The summed E-state index contributed by atoms with van der Waals surface area (Å²) in [5, 5.41) is 0. The number of anilines is 1. The van der Waals surface area contributed by atoms with E-state index < -0.39 is 12.1 Å². The number of carbonyl (C=O) groups is 2. The van der Waals surface area contributed by atoms with E-state index in [2.05, 4.69) is 0 Å². The van der Waals surface area contributed by atoms with Crippen molar-refractivity contribution in [1.82, 2.24) is 0 Å². The Hall–Kier alpha value is -3.22. The van der Waals surface area contributed by atoms with Crippen LogP contribution in [0.2, 0.25) is 0 Å². The van der Waals surface area contributed by atoms with Crippen LogP contribution < -0.4 is 19.1 Å². The molecule has 3 rings (SSSR count). The highest BCUT2D eigenvalue weighted by molar-refractivity contribution is 6.01. The van der Waals surface area contributed by atoms with Crippen LogP contribution in [0.25, 0.3) is 0 Å². The Morgan fingerprint density at radius 3 is 2.28 bits per heavy atom. The molecule has 7 heteroatoms. The molecular weight excluding hydrogens is 374 g/mol. The first-order chi connectivity index (χ1) is 13.9. The summed E-state index contributed by atoms with van der Waals surface area (Å²) in [6, 6.07) is 10.8. The van der Waals surface area contributed by atoms with Crippen LogP contribution in [0.4, 0.5) is 5.69 Å². The molecule has 0 saturated heterocycles. The molecule has 1 amide bonds. The maximum absolute atomic E-state index is 13.0. The largest absolute Gasteiger partial charge is 0.496 e. The minimum Gasteiger partial charge on any atom is -0.496 e. The highest BCUT2D eigenvalue weighted by atomic mass is 16.6. The Labute approximate surface area is 170 Å². The summed E-state index contributed by atoms with van der Waals surface area (Å²) in [5.41, 5.74) is 2.12. The molecule has 1 heterocycles. The molecule has 2 aromatic carbocycles. The van der Waals surface area contributed by atoms with E-state index in [1.807, 2.05) is 31.2 Å². The number of benzene rings is 2. The van der Waals surface area contributed by atoms with E-state index in [1.54, 1.807) is 17.9 Å². The van der Waals surface area contributed by atoms with Crippen molar-refractivity contribution in [1.29, 1.82) is 0 Å². The molecular formula is C22H25NO6. The monoisotopic (exact) mass is 399 g/mol. The van der Waals surface area contributed by atoms with Gasteiger partial charge in [0.25, 0.3) is 5.91 Å². The molecule has 0 spiro atoms. The smallest absolute Gasteiger partial charge is 0.342 e. The fraction of sp³-hybridized carbons (Fsp3) is 0.364. The molecule has 2 atom stereocenters. The zero-order valence-corrected chi connectivity index (χ0v) is 17.2. The third kappa shape index (κ3) is 3.85. The molecule has 0 N–H and O–H groups in total. The van der Waals surface area contributed by atoms with E-state index in [-0.39, 0.29) is 23.3 Å². The van der Waals surface area contributed by atoms with Gasteiger partial charge in [-0.3, -0.25) is 4.79 Å². The second-order valence-corrected chi connectivity index (χ2v) is 6.85. The van der Waals surface area contributed by atoms with Crippen molar-refractivity contribution in [3.63, 3.8) is 0 Å². The number of ether oxygens (including phenoxy) is 4. The van der Waals surface area contributed by atoms with Crippen LogP contribution in [0.5, 0.6) is 17.2 Å². The van der Waals surface area contributed by atoms with Gasteiger partial charge in [-0.15, -0.1) is 0 Å². The lowest BCUT2D eigenvalue weighted by molar-refractivity contribution is -0.126. The van der Waals surface area contributed by atoms with Gasteiger partial charge in [0.1, 0.15) is 11.3 Å². The summed E-state index contributed by atoms with van der Waals surface area (Å²) in [5.74, 6) is 0.111. The van der Waals surface area contributed by atoms with Crippen molar-refractivity contribution in [3.8, 4) is 17.2 Å². The average Bonchev–Trinajstić information content (AvgIpc) is 3.07. The van der Waals surface area contributed by atoms with Gasteiger partial charge in [0.15, 0.2) is 17.6 Å². The minimum absolute atomic E-state index is 0.00308. The van der Waals surface area contributed by atoms with E-state index >= 15 is 0 Å². The number of hydrogen-bond acceptors (Lipinski definition) is 6. The van der Waals surface area contributed by atoms with Crippen molar-refractivity contribution in [3.05, 3.63) is 47.5 Å². The maximum Gasteiger partial charge on any atom is 0.342 e. The highest BCUT2D eigenvalue weighted by Crippen LogP contribution is 2.36. The predicted molar refractivity (Wildman–Crippen MR) is 108 cm³/mol. The first kappa shape index (κ1) is 20.5. The minimum atomic E-state index is -0.964. The number of para-hydroxylation sites is 1. The van der Waals surface area contributed by atoms with E-state index in [0.29, 0.717) is 11.5 Å². The molecule has 0 aliphatic carbocycles. The van der Waals surface area contributed by atoms with Gasteiger partial charge in [-0.25, -0.2) is 4.79 Å². The number of carbonyl (C=O) groups excluding carboxylic acids is 2. The Morgan fingerprint density at radius 2 is 1.62 bits per heavy atom. The van der Waals surface area contributed by atoms with Crippen LogP contribution in [-0.4, -0.2) is 45.4 Å². The number of fused-ring (bicyclic) bond motifs is 1. The molecule has 1 aliphatic rings. The summed E-state index contributed by atoms with van der Waals surface area (Å²) in [4.78, 5) is 27.5. The first-order valence-corrected chi connectivity index (χ1v) is 9.33. The topological polar surface area (TPSA) is 74.3 Å². The summed E-state index contributed by atoms with van der Waals surface area (Å²) in [6.45, 7) is 3.55. The number of rotatable bonds is 6. The highest BCUT2D eigenvalue weighted by Gasteiger charge is 2.35. The Kier molecular flexibility index (Phi) is 5.96. The zero-order valence-electron chi connectivity index (χ0n) is 17.2. The molecule has 7 nitrogen and oxygen atoms in total. The Bertz CT molecular complexity index is 926. The number of esters is 1. The lowest BCUT2D eigenvalue weighted by Crippen LogP contribution is -2.43. The third-order valence-electron chi connectivity index (χ3n) is 5.00. The fourth-order valence-corrected chi connectivity index (χ4v) is 3.56. The Balaban J connectivity index is 1.81. The van der Waals surface area contributed by atoms with E-state index in [1.165, 1.54) is 27.4 Å². The summed E-state index contributed by atoms with van der Waals surface area (Å²) in [6.07, 6.45) is -0.194. The second-order valence-electron chi connectivity index (χ2n) is 6.85. The van der Waals surface area contributed by atoms with Crippen molar-refractivity contribution < 1.29 is 28.5 Å². The molecule has 0 radical (unpaired) electrons. The van der Waals surface area contributed by atoms with Gasteiger partial charge >= 0.3 is 5.97 Å². The first-order valence-electron chi connectivity index (χ1n) is 9.33. The van der Waals surface area contributed by atoms with E-state index in [9.17, 15) is 9.59 Å². The molecule has 0 bridgehead atoms. The average molecular weight is 399 g/mol. The number of nitrogens with zero attached hydrogens (tertiary/aromatic N) is 1. The maximum atomic E-state index is 13.0. The third-order valence-corrected chi connectivity index (χ3v) is 5.00. The number of hydrogen-bond donors (Lipinski definition) is 0. The summed E-state index contributed by atoms with van der Waals surface area (Å²) >= 11 is 0. The molecule has 2 aromatic rings. The van der Waals surface area contributed by atoms with Crippen molar-refractivity contribution in [2.24, 2.45) is 0 Å². The lowest BCUT2D eigenvalue weighted by atomic mass is 10.1. The van der Waals surface area contributed by atoms with Gasteiger partial charge in [-0.1, -0.05) is 18.2 Å². The molecule has 0 fully saturated rings. The Morgan fingerprint density at radius 1 is 1.00 bits per heavy atom. The van der Waals surface area contributed by atoms with Gasteiger partial charge in [0.05, 0.1) is 21.3 Å². The molecule has 29 heavy (non-hydrogen) atoms. The number of amides is 1. The van der Waals surface area contributed by atoms with Crippen LogP contribution in [0, 0.1) is 0 Å². The molecule has 0 unspecified atom stereocenters. The molecule has 154 valence electrons. The van der Waals surface area contributed by atoms with Crippen molar-refractivity contribution in [2.75, 3.05) is 26.2 Å². The fourth-order valence-electron chi connectivity index (χ4n) is 3.56. The van der Waals surface area contributed by atoms with Gasteiger partial charge in [-0.2, -0.15) is 0 Å². The van der Waals surface area contributed by atoms with E-state index in [0.717, 1.165) is 17.7 Å². The summed E-state index contributed by atoms with van der Waals surface area (Å²) in [7, 11) is 4.40. The van der Waals surface area contributed by atoms with Gasteiger partial charge < -0.3 is 23.8 Å². The van der Waals surface area contributed by atoms with Crippen LogP contribution in [-0.2, 0) is 16.0 Å². The van der Waals surface area contributed by atoms with Crippen LogP contribution >= 0.6 is 0 Å². The van der Waals surface area contributed by atoms with Crippen molar-refractivity contribution >= 4 is 17.6 Å². The SMILES string of the molecule is COc1cc(OC)c(C(=O)O[C@H](C)C(=O)N2c3ccccc3C[C@@H]2C)cc1OC. The van der Waals surface area contributed by atoms with Crippen LogP contribution in [0.1, 0.15) is 29.8 Å². The standard InChI is InChI=1S/C22H25NO6/c1-13-10-15-8-6-7-9-17(15)23(13)21(24)14(2)29-22(25)16-11-19(27-4)20(28-5)12-18(16)26-3/h6-9,11-14H,10H2,1-5H3/t13-,14+/m0/s1. The van der Waals surface area contributed by atoms with E-state index in [4.69, 9.17) is 18.9 Å². The van der Waals surface area contributed by atoms with Gasteiger partial charge in [0, 0.05) is 23.9 Å². The van der Waals surface area contributed by atoms with Crippen LogP contribution in [0.15, 0.2) is 36.4 Å². The molecule has 0 aromatic heterocycles. The molecule has 1 aliphatic heterocycles. The second kappa shape index (κ2) is 8.43. The normalized spacial score (nSPS) is 16.0. The quantitative estimate of drug-likeness (QED) is 0.695. The number of methoxy groups -OCH3 is 3. The van der Waals surface area contributed by atoms with Gasteiger partial charge in [-0.05, 0) is 31.9 Å². The van der Waals surface area contributed by atoms with Crippen LogP contribution in [0.3, 0.4) is 0 Å². The van der Waals surface area contributed by atoms with Gasteiger partial charge in [0.2, 0.25) is 0 Å². The predicted octanol–water partition coefficient (Wildman–Crippen LogP) is 3.24. The molecule has 0 saturated carbocycles. The lowest BCUT2D eigenvalue weighted by Gasteiger charge is -2.26.